The topological polar surface area (TPSA) is 32.3 Å². The summed E-state index contributed by atoms with van der Waals surface area (Å²) in [5, 5.41) is 15.0. The molecule has 0 radical (unpaired) electrons. The molecule has 4 atom stereocenters. The van der Waals surface area contributed by atoms with E-state index in [4.69, 9.17) is 0 Å². The minimum atomic E-state index is -0.694. The molecule has 3 rings (SSSR count). The minimum absolute atomic E-state index is 0.158. The number of piperidine rings is 1. The molecule has 0 spiro atoms. The van der Waals surface area contributed by atoms with E-state index in [2.05, 4.69) is 67.7 Å². The van der Waals surface area contributed by atoms with Gasteiger partial charge in [-0.25, -0.2) is 0 Å². The fourth-order valence-corrected chi connectivity index (χ4v) is 4.25. The first kappa shape index (κ1) is 16.2. The van der Waals surface area contributed by atoms with Gasteiger partial charge in [-0.3, -0.25) is 0 Å². The summed E-state index contributed by atoms with van der Waals surface area (Å²) < 4.78 is 0. The SMILES string of the molecule is CC(C)[C@@H]1[C@H](c2ccccc2)N[C@@H](c2ccccc2)C[C@]1(C)O. The normalized spacial score (nSPS) is 31.3. The van der Waals surface area contributed by atoms with Crippen LogP contribution in [0.25, 0.3) is 0 Å². The van der Waals surface area contributed by atoms with Gasteiger partial charge in [0.2, 0.25) is 0 Å². The van der Waals surface area contributed by atoms with Crippen LogP contribution >= 0.6 is 0 Å². The first-order chi connectivity index (χ1) is 11.0. The fraction of sp³-hybridized carbons (Fsp3) is 0.429. The number of benzene rings is 2. The molecule has 2 nitrogen and oxygen atoms in total. The predicted molar refractivity (Wildman–Crippen MR) is 95.1 cm³/mol. The lowest BCUT2D eigenvalue weighted by Gasteiger charge is -2.49. The summed E-state index contributed by atoms with van der Waals surface area (Å²) >= 11 is 0. The van der Waals surface area contributed by atoms with Gasteiger partial charge in [-0.2, -0.15) is 0 Å². The van der Waals surface area contributed by atoms with Crippen molar-refractivity contribution in [2.24, 2.45) is 11.8 Å². The van der Waals surface area contributed by atoms with Crippen LogP contribution in [0.1, 0.15) is 50.4 Å². The van der Waals surface area contributed by atoms with Crippen molar-refractivity contribution in [2.45, 2.75) is 44.9 Å². The Morgan fingerprint density at radius 1 is 0.957 bits per heavy atom. The third-order valence-corrected chi connectivity index (χ3v) is 5.15. The van der Waals surface area contributed by atoms with Gasteiger partial charge in [0.15, 0.2) is 0 Å². The molecule has 1 saturated heterocycles. The summed E-state index contributed by atoms with van der Waals surface area (Å²) in [5.74, 6) is 0.587. The molecule has 0 amide bonds. The van der Waals surface area contributed by atoms with E-state index in [-0.39, 0.29) is 18.0 Å². The fourth-order valence-electron chi connectivity index (χ4n) is 4.25. The first-order valence-electron chi connectivity index (χ1n) is 8.57. The summed E-state index contributed by atoms with van der Waals surface area (Å²) in [6.07, 6.45) is 0.739. The summed E-state index contributed by atoms with van der Waals surface area (Å²) in [4.78, 5) is 0. The summed E-state index contributed by atoms with van der Waals surface area (Å²) in [7, 11) is 0. The van der Waals surface area contributed by atoms with Gasteiger partial charge in [0, 0.05) is 18.0 Å². The zero-order valence-corrected chi connectivity index (χ0v) is 14.2. The number of hydrogen-bond acceptors (Lipinski definition) is 2. The van der Waals surface area contributed by atoms with Gasteiger partial charge in [0.1, 0.15) is 0 Å². The Morgan fingerprint density at radius 3 is 2.00 bits per heavy atom. The van der Waals surface area contributed by atoms with E-state index < -0.39 is 5.60 Å². The van der Waals surface area contributed by atoms with E-state index >= 15 is 0 Å². The van der Waals surface area contributed by atoms with Crippen LogP contribution in [0.3, 0.4) is 0 Å². The summed E-state index contributed by atoms with van der Waals surface area (Å²) in [6.45, 7) is 6.42. The smallest absolute Gasteiger partial charge is 0.0686 e. The Labute approximate surface area is 139 Å². The van der Waals surface area contributed by atoms with Gasteiger partial charge in [0.05, 0.1) is 5.60 Å². The lowest BCUT2D eigenvalue weighted by atomic mass is 9.67. The molecule has 1 aliphatic heterocycles. The minimum Gasteiger partial charge on any atom is -0.390 e. The molecule has 2 N–H and O–H groups in total. The molecule has 0 bridgehead atoms. The highest BCUT2D eigenvalue weighted by molar-refractivity contribution is 5.26. The van der Waals surface area contributed by atoms with Gasteiger partial charge in [-0.1, -0.05) is 74.5 Å². The lowest BCUT2D eigenvalue weighted by molar-refractivity contribution is -0.0783. The molecular formula is C21H27NO. The Bertz CT molecular complexity index is 621. The van der Waals surface area contributed by atoms with Gasteiger partial charge in [-0.05, 0) is 30.4 Å². The Kier molecular flexibility index (Phi) is 4.56. The average Bonchev–Trinajstić information content (AvgIpc) is 2.54. The molecule has 1 aliphatic rings. The molecule has 2 aromatic carbocycles. The van der Waals surface area contributed by atoms with Crippen molar-refractivity contribution in [2.75, 3.05) is 0 Å². The largest absolute Gasteiger partial charge is 0.390 e. The molecular weight excluding hydrogens is 282 g/mol. The van der Waals surface area contributed by atoms with Crippen LogP contribution in [0, 0.1) is 11.8 Å². The maximum absolute atomic E-state index is 11.2. The van der Waals surface area contributed by atoms with Crippen LogP contribution in [0.15, 0.2) is 60.7 Å². The maximum atomic E-state index is 11.2. The average molecular weight is 309 g/mol. The monoisotopic (exact) mass is 309 g/mol. The second-order valence-electron chi connectivity index (χ2n) is 7.35. The highest BCUT2D eigenvalue weighted by Crippen LogP contribution is 2.46. The number of aliphatic hydroxyl groups is 1. The highest BCUT2D eigenvalue weighted by atomic mass is 16.3. The molecule has 0 unspecified atom stereocenters. The van der Waals surface area contributed by atoms with E-state index in [1.165, 1.54) is 11.1 Å². The van der Waals surface area contributed by atoms with E-state index in [0.717, 1.165) is 6.42 Å². The van der Waals surface area contributed by atoms with E-state index in [0.29, 0.717) is 5.92 Å². The quantitative estimate of drug-likeness (QED) is 0.876. The third-order valence-electron chi connectivity index (χ3n) is 5.15. The van der Waals surface area contributed by atoms with Gasteiger partial charge >= 0.3 is 0 Å². The molecule has 1 heterocycles. The number of rotatable bonds is 3. The lowest BCUT2D eigenvalue weighted by Crippen LogP contribution is -2.53. The Hall–Kier alpha value is -1.64. The van der Waals surface area contributed by atoms with Crippen molar-refractivity contribution in [3.05, 3.63) is 71.8 Å². The summed E-state index contributed by atoms with van der Waals surface area (Å²) in [6, 6.07) is 21.3. The van der Waals surface area contributed by atoms with E-state index in [9.17, 15) is 5.11 Å². The first-order valence-corrected chi connectivity index (χ1v) is 8.57. The molecule has 0 saturated carbocycles. The Balaban J connectivity index is 1.99. The van der Waals surface area contributed by atoms with Crippen LogP contribution in [0.5, 0.6) is 0 Å². The van der Waals surface area contributed by atoms with Crippen LogP contribution in [0.2, 0.25) is 0 Å². The number of hydrogen-bond donors (Lipinski definition) is 2. The van der Waals surface area contributed by atoms with E-state index in [1.807, 2.05) is 19.1 Å². The highest BCUT2D eigenvalue weighted by Gasteiger charge is 2.46. The van der Waals surface area contributed by atoms with Gasteiger partial charge in [0.25, 0.3) is 0 Å². The van der Waals surface area contributed by atoms with Crippen LogP contribution in [0.4, 0.5) is 0 Å². The molecule has 23 heavy (non-hydrogen) atoms. The van der Waals surface area contributed by atoms with Crippen LogP contribution in [-0.2, 0) is 0 Å². The molecule has 2 aromatic rings. The van der Waals surface area contributed by atoms with Crippen molar-refractivity contribution < 1.29 is 5.11 Å². The van der Waals surface area contributed by atoms with Crippen molar-refractivity contribution in [3.63, 3.8) is 0 Å². The van der Waals surface area contributed by atoms with Crippen LogP contribution < -0.4 is 5.32 Å². The van der Waals surface area contributed by atoms with Crippen molar-refractivity contribution in [1.82, 2.24) is 5.32 Å². The van der Waals surface area contributed by atoms with Crippen molar-refractivity contribution >= 4 is 0 Å². The predicted octanol–water partition coefficient (Wildman–Crippen LogP) is 4.49. The molecule has 0 aliphatic carbocycles. The molecule has 1 fully saturated rings. The Morgan fingerprint density at radius 2 is 1.48 bits per heavy atom. The van der Waals surface area contributed by atoms with Gasteiger partial charge in [-0.15, -0.1) is 0 Å². The van der Waals surface area contributed by atoms with Crippen molar-refractivity contribution in [3.8, 4) is 0 Å². The number of nitrogens with one attached hydrogen (secondary N) is 1. The van der Waals surface area contributed by atoms with Crippen LogP contribution in [-0.4, -0.2) is 10.7 Å². The third kappa shape index (κ3) is 3.34. The van der Waals surface area contributed by atoms with Crippen molar-refractivity contribution in [1.29, 1.82) is 0 Å². The van der Waals surface area contributed by atoms with E-state index in [1.54, 1.807) is 0 Å². The standard InChI is InChI=1S/C21H27NO/c1-15(2)19-20(17-12-8-5-9-13-17)22-18(14-21(19,3)23)16-10-6-4-7-11-16/h4-13,15,18-20,22-23H,14H2,1-3H3/t18-,19-,20+,21+/m1/s1. The second kappa shape index (κ2) is 6.46. The maximum Gasteiger partial charge on any atom is 0.0686 e. The second-order valence-corrected chi connectivity index (χ2v) is 7.35. The molecule has 2 heteroatoms. The zero-order chi connectivity index (χ0) is 16.4. The molecule has 0 aromatic heterocycles. The zero-order valence-electron chi connectivity index (χ0n) is 14.2. The molecule has 122 valence electrons. The van der Waals surface area contributed by atoms with Gasteiger partial charge < -0.3 is 10.4 Å². The summed E-state index contributed by atoms with van der Waals surface area (Å²) in [5.41, 5.74) is 1.81.